The summed E-state index contributed by atoms with van der Waals surface area (Å²) in [5, 5.41) is 7.68. The van der Waals surface area contributed by atoms with Crippen LogP contribution in [0.3, 0.4) is 0 Å². The predicted octanol–water partition coefficient (Wildman–Crippen LogP) is 2.44. The fourth-order valence-electron chi connectivity index (χ4n) is 3.93. The van der Waals surface area contributed by atoms with Crippen molar-refractivity contribution < 1.29 is 14.3 Å². The highest BCUT2D eigenvalue weighted by molar-refractivity contribution is 5.78. The van der Waals surface area contributed by atoms with Crippen molar-refractivity contribution in [1.82, 2.24) is 20.0 Å². The number of benzene rings is 1. The zero-order chi connectivity index (χ0) is 21.5. The van der Waals surface area contributed by atoms with Crippen LogP contribution in [-0.2, 0) is 27.4 Å². The van der Waals surface area contributed by atoms with Crippen molar-refractivity contribution in [2.75, 3.05) is 26.2 Å². The van der Waals surface area contributed by atoms with Gasteiger partial charge in [-0.1, -0.05) is 30.3 Å². The van der Waals surface area contributed by atoms with E-state index in [9.17, 15) is 9.59 Å². The van der Waals surface area contributed by atoms with Crippen molar-refractivity contribution in [3.05, 3.63) is 52.8 Å². The molecule has 3 rings (SSSR count). The Kier molecular flexibility index (Phi) is 7.63. The molecule has 2 aromatic rings. The van der Waals surface area contributed by atoms with Gasteiger partial charge in [-0.05, 0) is 52.3 Å². The molecular formula is C23H32N4O3. The van der Waals surface area contributed by atoms with Crippen LogP contribution in [0.15, 0.2) is 30.3 Å². The number of carbonyl (C=O) groups is 2. The SMILES string of the molecule is CCOC(=O)C1CCN(CC(=O)NCc2c(C)nn(Cc3ccccc3)c2C)CC1. The van der Waals surface area contributed by atoms with Gasteiger partial charge in [0.05, 0.1) is 31.3 Å². The number of nitrogens with one attached hydrogen (secondary N) is 1. The maximum absolute atomic E-state index is 12.5. The van der Waals surface area contributed by atoms with E-state index in [2.05, 4.69) is 27.4 Å². The van der Waals surface area contributed by atoms with Crippen molar-refractivity contribution >= 4 is 11.9 Å². The Morgan fingerprint density at radius 2 is 1.87 bits per heavy atom. The van der Waals surface area contributed by atoms with Crippen molar-refractivity contribution in [3.63, 3.8) is 0 Å². The maximum Gasteiger partial charge on any atom is 0.309 e. The molecule has 1 aliphatic rings. The van der Waals surface area contributed by atoms with Crippen LogP contribution in [0.5, 0.6) is 0 Å². The molecule has 0 aliphatic carbocycles. The summed E-state index contributed by atoms with van der Waals surface area (Å²) in [5.74, 6) is -0.149. The fourth-order valence-corrected chi connectivity index (χ4v) is 3.93. The molecule has 1 saturated heterocycles. The minimum absolute atomic E-state index is 0.000746. The molecule has 0 bridgehead atoms. The van der Waals surface area contributed by atoms with Gasteiger partial charge in [0.15, 0.2) is 0 Å². The molecule has 1 amide bonds. The summed E-state index contributed by atoms with van der Waals surface area (Å²) < 4.78 is 7.09. The Bertz CT molecular complexity index is 855. The number of amides is 1. The molecule has 162 valence electrons. The molecule has 1 aromatic carbocycles. The minimum atomic E-state index is -0.111. The second-order valence-corrected chi connectivity index (χ2v) is 7.87. The first-order valence-corrected chi connectivity index (χ1v) is 10.7. The smallest absolute Gasteiger partial charge is 0.309 e. The highest BCUT2D eigenvalue weighted by Gasteiger charge is 2.26. The van der Waals surface area contributed by atoms with Crippen LogP contribution in [0.2, 0.25) is 0 Å². The molecule has 0 unspecified atom stereocenters. The van der Waals surface area contributed by atoms with Crippen LogP contribution < -0.4 is 5.32 Å². The maximum atomic E-state index is 12.5. The lowest BCUT2D eigenvalue weighted by Gasteiger charge is -2.30. The molecular weight excluding hydrogens is 380 g/mol. The van der Waals surface area contributed by atoms with Crippen molar-refractivity contribution in [3.8, 4) is 0 Å². The van der Waals surface area contributed by atoms with E-state index in [1.54, 1.807) is 0 Å². The number of aryl methyl sites for hydroxylation is 1. The topological polar surface area (TPSA) is 76.5 Å². The molecule has 0 spiro atoms. The van der Waals surface area contributed by atoms with E-state index in [-0.39, 0.29) is 17.8 Å². The normalized spacial score (nSPS) is 15.2. The molecule has 2 heterocycles. The zero-order valence-corrected chi connectivity index (χ0v) is 18.2. The number of hydrogen-bond acceptors (Lipinski definition) is 5. The monoisotopic (exact) mass is 412 g/mol. The second-order valence-electron chi connectivity index (χ2n) is 7.87. The van der Waals surface area contributed by atoms with Crippen LogP contribution in [0.1, 0.15) is 42.3 Å². The molecule has 1 aliphatic heterocycles. The predicted molar refractivity (Wildman–Crippen MR) is 115 cm³/mol. The van der Waals surface area contributed by atoms with Crippen molar-refractivity contribution in [2.24, 2.45) is 5.92 Å². The zero-order valence-electron chi connectivity index (χ0n) is 18.2. The van der Waals surface area contributed by atoms with Gasteiger partial charge in [0.1, 0.15) is 0 Å². The quantitative estimate of drug-likeness (QED) is 0.674. The number of nitrogens with zero attached hydrogens (tertiary/aromatic N) is 3. The summed E-state index contributed by atoms with van der Waals surface area (Å²) in [6.07, 6.45) is 1.49. The molecule has 1 fully saturated rings. The molecule has 0 saturated carbocycles. The van der Waals surface area contributed by atoms with E-state index in [1.165, 1.54) is 5.56 Å². The number of piperidine rings is 1. The first-order chi connectivity index (χ1) is 14.5. The molecule has 7 nitrogen and oxygen atoms in total. The van der Waals surface area contributed by atoms with Crippen LogP contribution in [0, 0.1) is 19.8 Å². The van der Waals surface area contributed by atoms with E-state index < -0.39 is 0 Å². The summed E-state index contributed by atoms with van der Waals surface area (Å²) in [5.41, 5.74) is 4.29. The summed E-state index contributed by atoms with van der Waals surface area (Å²) in [7, 11) is 0. The molecule has 1 N–H and O–H groups in total. The molecule has 0 radical (unpaired) electrons. The Balaban J connectivity index is 1.48. The first kappa shape index (κ1) is 22.0. The second kappa shape index (κ2) is 10.4. The van der Waals surface area contributed by atoms with E-state index in [4.69, 9.17) is 4.74 Å². The van der Waals surface area contributed by atoms with Crippen molar-refractivity contribution in [2.45, 2.75) is 46.7 Å². The van der Waals surface area contributed by atoms with Gasteiger partial charge in [-0.2, -0.15) is 5.10 Å². The van der Waals surface area contributed by atoms with Gasteiger partial charge in [0.25, 0.3) is 0 Å². The number of ether oxygens (including phenoxy) is 1. The number of esters is 1. The highest BCUT2D eigenvalue weighted by Crippen LogP contribution is 2.19. The lowest BCUT2D eigenvalue weighted by Crippen LogP contribution is -2.42. The van der Waals surface area contributed by atoms with Gasteiger partial charge in [0, 0.05) is 17.8 Å². The third kappa shape index (κ3) is 5.69. The molecule has 0 atom stereocenters. The Hall–Kier alpha value is -2.67. The number of aromatic nitrogens is 2. The van der Waals surface area contributed by atoms with Crippen molar-refractivity contribution in [1.29, 1.82) is 0 Å². The summed E-state index contributed by atoms with van der Waals surface area (Å²) in [4.78, 5) is 26.4. The van der Waals surface area contributed by atoms with Gasteiger partial charge in [-0.15, -0.1) is 0 Å². The first-order valence-electron chi connectivity index (χ1n) is 10.7. The van der Waals surface area contributed by atoms with Crippen LogP contribution >= 0.6 is 0 Å². The highest BCUT2D eigenvalue weighted by atomic mass is 16.5. The number of hydrogen-bond donors (Lipinski definition) is 1. The van der Waals surface area contributed by atoms with Gasteiger partial charge >= 0.3 is 5.97 Å². The molecule has 30 heavy (non-hydrogen) atoms. The standard InChI is InChI=1S/C23H32N4O3/c1-4-30-23(29)20-10-12-26(13-11-20)16-22(28)24-14-21-17(2)25-27(18(21)3)15-19-8-6-5-7-9-19/h5-9,20H,4,10-16H2,1-3H3,(H,24,28). The average molecular weight is 413 g/mol. The van der Waals surface area contributed by atoms with Gasteiger partial charge < -0.3 is 10.1 Å². The van der Waals surface area contributed by atoms with E-state index in [1.807, 2.05) is 43.7 Å². The fraction of sp³-hybridized carbons (Fsp3) is 0.522. The van der Waals surface area contributed by atoms with Crippen LogP contribution in [0.4, 0.5) is 0 Å². The Labute approximate surface area is 178 Å². The lowest BCUT2D eigenvalue weighted by atomic mass is 9.97. The summed E-state index contributed by atoms with van der Waals surface area (Å²) >= 11 is 0. The van der Waals surface area contributed by atoms with Gasteiger partial charge in [-0.3, -0.25) is 19.2 Å². The Morgan fingerprint density at radius 3 is 2.53 bits per heavy atom. The number of carbonyl (C=O) groups excluding carboxylic acids is 2. The summed E-state index contributed by atoms with van der Waals surface area (Å²) in [6.45, 7) is 9.30. The van der Waals surface area contributed by atoms with Crippen LogP contribution in [0.25, 0.3) is 0 Å². The van der Waals surface area contributed by atoms with E-state index >= 15 is 0 Å². The molecule has 1 aromatic heterocycles. The van der Waals surface area contributed by atoms with Crippen LogP contribution in [-0.4, -0.2) is 52.8 Å². The third-order valence-corrected chi connectivity index (χ3v) is 5.74. The van der Waals surface area contributed by atoms with E-state index in [0.29, 0.717) is 19.7 Å². The number of rotatable bonds is 8. The van der Waals surface area contributed by atoms with E-state index in [0.717, 1.165) is 49.4 Å². The largest absolute Gasteiger partial charge is 0.466 e. The summed E-state index contributed by atoms with van der Waals surface area (Å²) in [6, 6.07) is 10.2. The van der Waals surface area contributed by atoms with Gasteiger partial charge in [0.2, 0.25) is 5.91 Å². The average Bonchev–Trinajstić information content (AvgIpc) is 3.00. The number of likely N-dealkylation sites (tertiary alicyclic amines) is 1. The minimum Gasteiger partial charge on any atom is -0.466 e. The van der Waals surface area contributed by atoms with Gasteiger partial charge in [-0.25, -0.2) is 0 Å². The third-order valence-electron chi connectivity index (χ3n) is 5.74. The Morgan fingerprint density at radius 1 is 1.17 bits per heavy atom. The lowest BCUT2D eigenvalue weighted by molar-refractivity contribution is -0.149. The molecule has 7 heteroatoms.